The smallest absolute Gasteiger partial charge is 0.115 e. The highest BCUT2D eigenvalue weighted by Crippen LogP contribution is 2.19. The molecule has 21 heavy (non-hydrogen) atoms. The van der Waals surface area contributed by atoms with E-state index in [0.717, 1.165) is 30.8 Å². The van der Waals surface area contributed by atoms with E-state index in [1.165, 1.54) is 11.1 Å². The normalized spacial score (nSPS) is 12.3. The molecule has 0 saturated carbocycles. The van der Waals surface area contributed by atoms with E-state index in [9.17, 15) is 5.11 Å². The lowest BCUT2D eigenvalue weighted by Crippen LogP contribution is -2.33. The average Bonchev–Trinajstić information content (AvgIpc) is 2.49. The van der Waals surface area contributed by atoms with Gasteiger partial charge in [-0.2, -0.15) is 0 Å². The molecule has 2 N–H and O–H groups in total. The third-order valence-electron chi connectivity index (χ3n) is 3.53. The molecule has 0 aliphatic carbocycles. The summed E-state index contributed by atoms with van der Waals surface area (Å²) in [6.45, 7) is 3.16. The molecule has 0 aliphatic heterocycles. The van der Waals surface area contributed by atoms with Crippen LogP contribution in [0.5, 0.6) is 5.75 Å². The molecule has 2 rings (SSSR count). The Hall–Kier alpha value is -1.51. The van der Waals surface area contributed by atoms with E-state index in [-0.39, 0.29) is 0 Å². The lowest BCUT2D eigenvalue weighted by atomic mass is 9.98. The zero-order valence-electron chi connectivity index (χ0n) is 12.3. The van der Waals surface area contributed by atoms with Crippen molar-refractivity contribution in [3.63, 3.8) is 0 Å². The van der Waals surface area contributed by atoms with Crippen LogP contribution in [-0.4, -0.2) is 17.7 Å². The van der Waals surface area contributed by atoms with Crippen LogP contribution in [0, 0.1) is 0 Å². The van der Waals surface area contributed by atoms with Gasteiger partial charge in [-0.05, 0) is 55.1 Å². The molecular weight excluding hydrogens is 282 g/mol. The summed E-state index contributed by atoms with van der Waals surface area (Å²) >= 11 is 6.27. The van der Waals surface area contributed by atoms with Gasteiger partial charge in [0.1, 0.15) is 5.75 Å². The van der Waals surface area contributed by atoms with Crippen molar-refractivity contribution in [3.8, 4) is 5.75 Å². The number of nitrogens with one attached hydrogen (secondary N) is 1. The van der Waals surface area contributed by atoms with E-state index in [4.69, 9.17) is 11.6 Å². The van der Waals surface area contributed by atoms with Gasteiger partial charge in [0.25, 0.3) is 0 Å². The molecule has 2 aromatic carbocycles. The predicted octanol–water partition coefficient (Wildman–Crippen LogP) is 4.20. The van der Waals surface area contributed by atoms with E-state index >= 15 is 0 Å². The van der Waals surface area contributed by atoms with Crippen molar-refractivity contribution in [1.29, 1.82) is 0 Å². The van der Waals surface area contributed by atoms with Gasteiger partial charge in [0.15, 0.2) is 0 Å². The molecule has 0 spiro atoms. The number of rotatable bonds is 7. The average molecular weight is 304 g/mol. The van der Waals surface area contributed by atoms with E-state index in [2.05, 4.69) is 18.3 Å². The first-order valence-electron chi connectivity index (χ1n) is 7.43. The predicted molar refractivity (Wildman–Crippen MR) is 89.0 cm³/mol. The maximum Gasteiger partial charge on any atom is 0.115 e. The lowest BCUT2D eigenvalue weighted by Gasteiger charge is -2.19. The van der Waals surface area contributed by atoms with Gasteiger partial charge in [-0.15, -0.1) is 0 Å². The van der Waals surface area contributed by atoms with Gasteiger partial charge >= 0.3 is 0 Å². The van der Waals surface area contributed by atoms with Crippen molar-refractivity contribution in [2.45, 2.75) is 32.2 Å². The van der Waals surface area contributed by atoms with Crippen LogP contribution in [0.2, 0.25) is 5.02 Å². The number of phenols is 1. The Kier molecular flexibility index (Phi) is 6.09. The molecule has 0 fully saturated rings. The minimum absolute atomic E-state index is 0.308. The van der Waals surface area contributed by atoms with E-state index in [1.54, 1.807) is 12.1 Å². The van der Waals surface area contributed by atoms with Crippen molar-refractivity contribution in [1.82, 2.24) is 5.32 Å². The van der Waals surface area contributed by atoms with Crippen LogP contribution in [0.25, 0.3) is 0 Å². The minimum Gasteiger partial charge on any atom is -0.508 e. The van der Waals surface area contributed by atoms with Crippen LogP contribution in [0.3, 0.4) is 0 Å². The zero-order chi connectivity index (χ0) is 15.1. The number of hydrogen-bond donors (Lipinski definition) is 2. The molecule has 112 valence electrons. The molecule has 2 nitrogen and oxygen atoms in total. The molecule has 0 heterocycles. The molecular formula is C18H22ClNO. The Morgan fingerprint density at radius 1 is 1.05 bits per heavy atom. The largest absolute Gasteiger partial charge is 0.508 e. The second-order valence-corrected chi connectivity index (χ2v) is 5.72. The SMILES string of the molecule is CCCNC(Cc1ccc(O)cc1)Cc1ccccc1Cl. The monoisotopic (exact) mass is 303 g/mol. The lowest BCUT2D eigenvalue weighted by molar-refractivity contribution is 0.474. The Balaban J connectivity index is 2.07. The van der Waals surface area contributed by atoms with Crippen molar-refractivity contribution in [2.75, 3.05) is 6.54 Å². The van der Waals surface area contributed by atoms with Crippen LogP contribution >= 0.6 is 11.6 Å². The van der Waals surface area contributed by atoms with Gasteiger partial charge in [-0.1, -0.05) is 48.9 Å². The van der Waals surface area contributed by atoms with Crippen molar-refractivity contribution in [2.24, 2.45) is 0 Å². The van der Waals surface area contributed by atoms with Crippen LogP contribution < -0.4 is 5.32 Å². The fourth-order valence-electron chi connectivity index (χ4n) is 2.41. The first kappa shape index (κ1) is 15.9. The Morgan fingerprint density at radius 3 is 2.43 bits per heavy atom. The highest BCUT2D eigenvalue weighted by atomic mass is 35.5. The molecule has 2 aromatic rings. The number of hydrogen-bond acceptors (Lipinski definition) is 2. The quantitative estimate of drug-likeness (QED) is 0.803. The van der Waals surface area contributed by atoms with Crippen LogP contribution in [0.1, 0.15) is 24.5 Å². The van der Waals surface area contributed by atoms with Gasteiger partial charge in [-0.3, -0.25) is 0 Å². The molecule has 3 heteroatoms. The molecule has 0 bridgehead atoms. The zero-order valence-corrected chi connectivity index (χ0v) is 13.1. The van der Waals surface area contributed by atoms with Crippen molar-refractivity contribution < 1.29 is 5.11 Å². The summed E-state index contributed by atoms with van der Waals surface area (Å²) in [7, 11) is 0. The Labute approximate surface area is 131 Å². The van der Waals surface area contributed by atoms with Crippen LogP contribution in [0.15, 0.2) is 48.5 Å². The maximum absolute atomic E-state index is 9.37. The summed E-state index contributed by atoms with van der Waals surface area (Å²) in [6, 6.07) is 15.8. The van der Waals surface area contributed by atoms with Gasteiger partial charge in [0.05, 0.1) is 0 Å². The number of phenolic OH excluding ortho intramolecular Hbond substituents is 1. The first-order chi connectivity index (χ1) is 10.2. The van der Waals surface area contributed by atoms with E-state index in [0.29, 0.717) is 11.8 Å². The Morgan fingerprint density at radius 2 is 1.76 bits per heavy atom. The molecule has 1 unspecified atom stereocenters. The number of aromatic hydroxyl groups is 1. The standard InChI is InChI=1S/C18H22ClNO/c1-2-11-20-16(12-14-7-9-17(21)10-8-14)13-15-5-3-4-6-18(15)19/h3-10,16,20-21H,2,11-13H2,1H3. The molecule has 0 radical (unpaired) electrons. The fraction of sp³-hybridized carbons (Fsp3) is 0.333. The second kappa shape index (κ2) is 8.06. The third kappa shape index (κ3) is 5.07. The van der Waals surface area contributed by atoms with Gasteiger partial charge < -0.3 is 10.4 Å². The summed E-state index contributed by atoms with van der Waals surface area (Å²) in [5.41, 5.74) is 2.39. The van der Waals surface area contributed by atoms with Crippen molar-refractivity contribution >= 4 is 11.6 Å². The van der Waals surface area contributed by atoms with Crippen LogP contribution in [0.4, 0.5) is 0 Å². The van der Waals surface area contributed by atoms with E-state index in [1.807, 2.05) is 30.3 Å². The van der Waals surface area contributed by atoms with Gasteiger partial charge in [-0.25, -0.2) is 0 Å². The van der Waals surface area contributed by atoms with Gasteiger partial charge in [0.2, 0.25) is 0 Å². The first-order valence-corrected chi connectivity index (χ1v) is 7.81. The third-order valence-corrected chi connectivity index (χ3v) is 3.89. The topological polar surface area (TPSA) is 32.3 Å². The summed E-state index contributed by atoms with van der Waals surface area (Å²) < 4.78 is 0. The van der Waals surface area contributed by atoms with Crippen LogP contribution in [-0.2, 0) is 12.8 Å². The number of benzene rings is 2. The molecule has 1 atom stereocenters. The molecule has 0 aliphatic rings. The van der Waals surface area contributed by atoms with Crippen molar-refractivity contribution in [3.05, 3.63) is 64.7 Å². The summed E-state index contributed by atoms with van der Waals surface area (Å²) in [4.78, 5) is 0. The highest BCUT2D eigenvalue weighted by molar-refractivity contribution is 6.31. The molecule has 0 aromatic heterocycles. The van der Waals surface area contributed by atoms with Gasteiger partial charge in [0, 0.05) is 11.1 Å². The Bertz CT molecular complexity index is 553. The minimum atomic E-state index is 0.308. The summed E-state index contributed by atoms with van der Waals surface area (Å²) in [5.74, 6) is 0.308. The molecule has 0 amide bonds. The second-order valence-electron chi connectivity index (χ2n) is 5.32. The summed E-state index contributed by atoms with van der Waals surface area (Å²) in [5, 5.41) is 13.8. The fourth-order valence-corrected chi connectivity index (χ4v) is 2.62. The highest BCUT2D eigenvalue weighted by Gasteiger charge is 2.12. The maximum atomic E-state index is 9.37. The summed E-state index contributed by atoms with van der Waals surface area (Å²) in [6.07, 6.45) is 2.93. The number of halogens is 1. The molecule has 0 saturated heterocycles. The van der Waals surface area contributed by atoms with E-state index < -0.39 is 0 Å².